The maximum absolute atomic E-state index is 11.1. The van der Waals surface area contributed by atoms with Gasteiger partial charge in [-0.15, -0.1) is 0 Å². The van der Waals surface area contributed by atoms with Crippen molar-refractivity contribution in [3.63, 3.8) is 0 Å². The molecule has 1 aromatic heterocycles. The summed E-state index contributed by atoms with van der Waals surface area (Å²) in [7, 11) is 0. The van der Waals surface area contributed by atoms with Crippen LogP contribution in [0.25, 0.3) is 0 Å². The van der Waals surface area contributed by atoms with E-state index < -0.39 is 0 Å². The van der Waals surface area contributed by atoms with E-state index in [2.05, 4.69) is 15.8 Å². The maximum atomic E-state index is 11.1. The molecule has 2 atom stereocenters. The van der Waals surface area contributed by atoms with Crippen LogP contribution in [-0.2, 0) is 0 Å². The Bertz CT molecular complexity index is 466. The molecule has 0 bridgehead atoms. The van der Waals surface area contributed by atoms with Gasteiger partial charge in [0.05, 0.1) is 0 Å². The number of rotatable bonds is 2. The first-order valence-corrected chi connectivity index (χ1v) is 7.26. The fourth-order valence-corrected chi connectivity index (χ4v) is 3.64. The van der Waals surface area contributed by atoms with Gasteiger partial charge in [0.2, 0.25) is 0 Å². The fraction of sp³-hybridized carbons (Fsp3) is 0.636. The Kier molecular flexibility index (Phi) is 3.86. The van der Waals surface area contributed by atoms with E-state index in [-0.39, 0.29) is 5.56 Å². The molecule has 1 N–H and O–H groups in total. The standard InChI is InChI=1S/C11H16N2OS2/c1-16-9-5-3-2-4-8(9)13-7-6-10(14)12-11(13)15/h6-9H,2-5H2,1H3,(H,12,14,15). The second-order valence-electron chi connectivity index (χ2n) is 4.14. The monoisotopic (exact) mass is 256 g/mol. The van der Waals surface area contributed by atoms with Gasteiger partial charge in [0.25, 0.3) is 5.56 Å². The molecule has 0 amide bonds. The van der Waals surface area contributed by atoms with E-state index in [0.717, 1.165) is 6.42 Å². The molecule has 0 aliphatic heterocycles. The quantitative estimate of drug-likeness (QED) is 0.827. The summed E-state index contributed by atoms with van der Waals surface area (Å²) in [5, 5.41) is 0.617. The Morgan fingerprint density at radius 3 is 2.94 bits per heavy atom. The number of aromatic nitrogens is 2. The Labute approximate surface area is 104 Å². The van der Waals surface area contributed by atoms with Crippen LogP contribution in [0.3, 0.4) is 0 Å². The molecule has 0 radical (unpaired) electrons. The van der Waals surface area contributed by atoms with Gasteiger partial charge in [-0.3, -0.25) is 9.78 Å². The van der Waals surface area contributed by atoms with Crippen molar-refractivity contribution in [1.29, 1.82) is 0 Å². The highest BCUT2D eigenvalue weighted by atomic mass is 32.2. The molecule has 1 aliphatic rings. The van der Waals surface area contributed by atoms with E-state index in [1.807, 2.05) is 18.0 Å². The fourth-order valence-electron chi connectivity index (χ4n) is 2.36. The minimum absolute atomic E-state index is 0.113. The van der Waals surface area contributed by atoms with Crippen molar-refractivity contribution >= 4 is 24.0 Å². The van der Waals surface area contributed by atoms with Crippen LogP contribution in [0.1, 0.15) is 31.7 Å². The molecule has 0 saturated heterocycles. The van der Waals surface area contributed by atoms with Crippen molar-refractivity contribution in [2.45, 2.75) is 37.0 Å². The van der Waals surface area contributed by atoms with Crippen molar-refractivity contribution < 1.29 is 0 Å². The highest BCUT2D eigenvalue weighted by Gasteiger charge is 2.25. The van der Waals surface area contributed by atoms with Crippen LogP contribution >= 0.6 is 24.0 Å². The van der Waals surface area contributed by atoms with Crippen LogP contribution in [0.4, 0.5) is 0 Å². The lowest BCUT2D eigenvalue weighted by Gasteiger charge is -2.32. The lowest BCUT2D eigenvalue weighted by molar-refractivity contribution is 0.357. The highest BCUT2D eigenvalue weighted by Crippen LogP contribution is 2.35. The van der Waals surface area contributed by atoms with Crippen LogP contribution in [0.2, 0.25) is 0 Å². The Hall–Kier alpha value is -0.550. The zero-order chi connectivity index (χ0) is 11.5. The first kappa shape index (κ1) is 11.9. The smallest absolute Gasteiger partial charge is 0.251 e. The van der Waals surface area contributed by atoms with Gasteiger partial charge in [-0.1, -0.05) is 12.8 Å². The molecular formula is C11H16N2OS2. The van der Waals surface area contributed by atoms with Crippen LogP contribution in [0.5, 0.6) is 0 Å². The molecule has 1 aromatic rings. The lowest BCUT2D eigenvalue weighted by Crippen LogP contribution is -2.27. The zero-order valence-electron chi connectivity index (χ0n) is 9.31. The third-order valence-electron chi connectivity index (χ3n) is 3.18. The summed E-state index contributed by atoms with van der Waals surface area (Å²) in [6, 6.07) is 2.00. The topological polar surface area (TPSA) is 37.8 Å². The molecule has 3 nitrogen and oxygen atoms in total. The first-order chi connectivity index (χ1) is 7.72. The molecule has 1 aliphatic carbocycles. The van der Waals surface area contributed by atoms with Gasteiger partial charge < -0.3 is 4.57 Å². The van der Waals surface area contributed by atoms with Gasteiger partial charge in [0.1, 0.15) is 0 Å². The molecular weight excluding hydrogens is 240 g/mol. The predicted molar refractivity (Wildman–Crippen MR) is 70.7 cm³/mol. The average Bonchev–Trinajstić information content (AvgIpc) is 2.29. The third kappa shape index (κ3) is 2.40. The van der Waals surface area contributed by atoms with Gasteiger partial charge >= 0.3 is 0 Å². The van der Waals surface area contributed by atoms with E-state index in [0.29, 0.717) is 16.1 Å². The zero-order valence-corrected chi connectivity index (χ0v) is 10.9. The van der Waals surface area contributed by atoms with Gasteiger partial charge in [0, 0.05) is 23.6 Å². The van der Waals surface area contributed by atoms with E-state index >= 15 is 0 Å². The van der Waals surface area contributed by atoms with E-state index in [4.69, 9.17) is 12.2 Å². The minimum atomic E-state index is -0.113. The van der Waals surface area contributed by atoms with Crippen LogP contribution in [0, 0.1) is 4.77 Å². The summed E-state index contributed by atoms with van der Waals surface area (Å²) in [5.74, 6) is 0. The van der Waals surface area contributed by atoms with Crippen LogP contribution in [0.15, 0.2) is 17.1 Å². The molecule has 2 rings (SSSR count). The first-order valence-electron chi connectivity index (χ1n) is 5.56. The van der Waals surface area contributed by atoms with Gasteiger partial charge in [-0.2, -0.15) is 11.8 Å². The summed E-state index contributed by atoms with van der Waals surface area (Å²) in [5.41, 5.74) is -0.113. The number of hydrogen-bond acceptors (Lipinski definition) is 3. The van der Waals surface area contributed by atoms with Crippen LogP contribution < -0.4 is 5.56 Å². The average molecular weight is 256 g/mol. The highest BCUT2D eigenvalue weighted by molar-refractivity contribution is 7.99. The van der Waals surface area contributed by atoms with E-state index in [1.165, 1.54) is 19.3 Å². The molecule has 88 valence electrons. The van der Waals surface area contributed by atoms with Crippen molar-refractivity contribution in [2.24, 2.45) is 0 Å². The van der Waals surface area contributed by atoms with Crippen molar-refractivity contribution in [1.82, 2.24) is 9.55 Å². The van der Waals surface area contributed by atoms with Crippen molar-refractivity contribution in [2.75, 3.05) is 6.26 Å². The third-order valence-corrected chi connectivity index (χ3v) is 4.65. The number of H-pyrrole nitrogens is 1. The molecule has 0 spiro atoms. The number of nitrogens with one attached hydrogen (secondary N) is 1. The summed E-state index contributed by atoms with van der Waals surface area (Å²) in [4.78, 5) is 13.8. The Morgan fingerprint density at radius 2 is 2.25 bits per heavy atom. The number of thioether (sulfide) groups is 1. The second-order valence-corrected chi connectivity index (χ2v) is 5.61. The molecule has 0 aromatic carbocycles. The largest absolute Gasteiger partial charge is 0.321 e. The van der Waals surface area contributed by atoms with Crippen molar-refractivity contribution in [3.05, 3.63) is 27.4 Å². The van der Waals surface area contributed by atoms with Gasteiger partial charge in [-0.25, -0.2) is 0 Å². The van der Waals surface area contributed by atoms with Crippen molar-refractivity contribution in [3.8, 4) is 0 Å². The van der Waals surface area contributed by atoms with Gasteiger partial charge in [0.15, 0.2) is 4.77 Å². The molecule has 16 heavy (non-hydrogen) atoms. The molecule has 5 heteroatoms. The summed E-state index contributed by atoms with van der Waals surface area (Å²) in [6.45, 7) is 0. The number of aromatic amines is 1. The Balaban J connectivity index is 2.34. The normalized spacial score (nSPS) is 25.6. The predicted octanol–water partition coefficient (Wildman–Crippen LogP) is 2.75. The van der Waals surface area contributed by atoms with E-state index in [1.54, 1.807) is 6.07 Å². The summed E-state index contributed by atoms with van der Waals surface area (Å²) >= 11 is 7.12. The summed E-state index contributed by atoms with van der Waals surface area (Å²) in [6.07, 6.45) is 8.94. The van der Waals surface area contributed by atoms with Crippen LogP contribution in [-0.4, -0.2) is 21.1 Å². The summed E-state index contributed by atoms with van der Waals surface area (Å²) < 4.78 is 2.61. The minimum Gasteiger partial charge on any atom is -0.321 e. The lowest BCUT2D eigenvalue weighted by atomic mass is 9.95. The maximum Gasteiger partial charge on any atom is 0.251 e. The molecule has 1 saturated carbocycles. The number of nitrogens with zero attached hydrogens (tertiary/aromatic N) is 1. The number of hydrogen-bond donors (Lipinski definition) is 1. The molecule has 1 fully saturated rings. The molecule has 2 unspecified atom stereocenters. The molecule has 1 heterocycles. The Morgan fingerprint density at radius 1 is 1.50 bits per heavy atom. The SMILES string of the molecule is CSC1CCCCC1n1ccc(=O)[nH]c1=S. The second kappa shape index (κ2) is 5.19. The van der Waals surface area contributed by atoms with E-state index in [9.17, 15) is 4.79 Å². The van der Waals surface area contributed by atoms with Gasteiger partial charge in [-0.05, 0) is 31.3 Å².